The molecule has 1 aliphatic carbocycles. The lowest BCUT2D eigenvalue weighted by molar-refractivity contribution is -0.114. The number of benzene rings is 1. The van der Waals surface area contributed by atoms with Crippen molar-refractivity contribution in [2.24, 2.45) is 17.8 Å². The summed E-state index contributed by atoms with van der Waals surface area (Å²) in [6.07, 6.45) is 4.32. The van der Waals surface area contributed by atoms with Gasteiger partial charge in [0.2, 0.25) is 0 Å². The number of amides is 1. The maximum Gasteiger partial charge on any atom is 0.409 e. The van der Waals surface area contributed by atoms with Crippen LogP contribution in [0.5, 0.6) is 0 Å². The SMILES string of the molecule is CCCCC(C=O)[C@@H](N[C@H]1CC[C@@H]2CN(Cc3ccccc3)C[C@@H]21)N(C(=O)O)C(C)(C)C. The molecular formula is C26H41N3O3. The van der Waals surface area contributed by atoms with Crippen molar-refractivity contribution in [1.82, 2.24) is 15.1 Å². The molecule has 178 valence electrons. The highest BCUT2D eigenvalue weighted by atomic mass is 16.4. The molecule has 3 rings (SSSR count). The molecule has 1 aliphatic heterocycles. The van der Waals surface area contributed by atoms with Crippen molar-refractivity contribution in [3.05, 3.63) is 35.9 Å². The summed E-state index contributed by atoms with van der Waals surface area (Å²) in [5.74, 6) is 0.788. The van der Waals surface area contributed by atoms with Crippen LogP contribution in [0.15, 0.2) is 30.3 Å². The zero-order valence-electron chi connectivity index (χ0n) is 20.2. The van der Waals surface area contributed by atoms with Crippen LogP contribution in [0, 0.1) is 17.8 Å². The average Bonchev–Trinajstić information content (AvgIpc) is 3.29. The van der Waals surface area contributed by atoms with Gasteiger partial charge in [0, 0.05) is 37.1 Å². The van der Waals surface area contributed by atoms with Crippen LogP contribution in [-0.4, -0.2) is 58.1 Å². The molecule has 6 nitrogen and oxygen atoms in total. The number of carbonyl (C=O) groups excluding carboxylic acids is 1. The third-order valence-electron chi connectivity index (χ3n) is 7.24. The molecule has 0 spiro atoms. The smallest absolute Gasteiger partial charge is 0.409 e. The molecule has 2 N–H and O–H groups in total. The highest BCUT2D eigenvalue weighted by Crippen LogP contribution is 2.39. The first-order chi connectivity index (χ1) is 15.2. The molecule has 2 aliphatic rings. The first-order valence-corrected chi connectivity index (χ1v) is 12.2. The molecule has 0 radical (unpaired) electrons. The van der Waals surface area contributed by atoms with E-state index < -0.39 is 17.8 Å². The van der Waals surface area contributed by atoms with E-state index in [0.717, 1.165) is 51.6 Å². The van der Waals surface area contributed by atoms with E-state index in [1.165, 1.54) is 10.5 Å². The van der Waals surface area contributed by atoms with Crippen molar-refractivity contribution in [3.63, 3.8) is 0 Å². The van der Waals surface area contributed by atoms with Crippen LogP contribution in [0.25, 0.3) is 0 Å². The maximum atomic E-state index is 12.3. The summed E-state index contributed by atoms with van der Waals surface area (Å²) in [5, 5.41) is 13.8. The Kier molecular flexibility index (Phi) is 8.34. The van der Waals surface area contributed by atoms with Gasteiger partial charge in [-0.25, -0.2) is 4.79 Å². The number of hydrogen-bond acceptors (Lipinski definition) is 4. The number of carbonyl (C=O) groups is 2. The van der Waals surface area contributed by atoms with Gasteiger partial charge in [-0.3, -0.25) is 15.1 Å². The Labute approximate surface area is 193 Å². The third kappa shape index (κ3) is 5.90. The summed E-state index contributed by atoms with van der Waals surface area (Å²) in [4.78, 5) is 28.4. The topological polar surface area (TPSA) is 72.9 Å². The molecule has 2 fully saturated rings. The molecule has 0 aromatic heterocycles. The highest BCUT2D eigenvalue weighted by Gasteiger charge is 2.46. The lowest BCUT2D eigenvalue weighted by Crippen LogP contribution is -2.62. The van der Waals surface area contributed by atoms with Crippen molar-refractivity contribution < 1.29 is 14.7 Å². The Morgan fingerprint density at radius 2 is 1.97 bits per heavy atom. The minimum absolute atomic E-state index is 0.235. The fourth-order valence-electron chi connectivity index (χ4n) is 5.71. The molecule has 1 amide bonds. The lowest BCUT2D eigenvalue weighted by Gasteiger charge is -2.44. The fraction of sp³-hybridized carbons (Fsp3) is 0.692. The van der Waals surface area contributed by atoms with Crippen LogP contribution in [0.1, 0.15) is 65.4 Å². The standard InChI is InChI=1S/C26H41N3O3/c1-5-6-12-21(18-30)24(29(25(31)32)26(2,3)4)27-23-14-13-20-16-28(17-22(20)23)15-19-10-8-7-9-11-19/h7-11,18,20-24,27H,5-6,12-17H2,1-4H3,(H,31,32)/t20-,21?,22+,23+,24+/m1/s1. The van der Waals surface area contributed by atoms with E-state index in [9.17, 15) is 14.7 Å². The zero-order chi connectivity index (χ0) is 23.3. The fourth-order valence-corrected chi connectivity index (χ4v) is 5.71. The molecule has 1 aromatic carbocycles. The number of unbranched alkanes of at least 4 members (excludes halogenated alkanes) is 1. The van der Waals surface area contributed by atoms with Gasteiger partial charge in [-0.2, -0.15) is 0 Å². The van der Waals surface area contributed by atoms with Crippen LogP contribution in [-0.2, 0) is 11.3 Å². The number of fused-ring (bicyclic) bond motifs is 1. The average molecular weight is 444 g/mol. The number of rotatable bonds is 10. The Hall–Kier alpha value is -1.92. The van der Waals surface area contributed by atoms with E-state index in [-0.39, 0.29) is 12.0 Å². The Morgan fingerprint density at radius 1 is 1.25 bits per heavy atom. The molecule has 1 saturated heterocycles. The van der Waals surface area contributed by atoms with Gasteiger partial charge in [0.05, 0.1) is 6.17 Å². The first-order valence-electron chi connectivity index (χ1n) is 12.2. The summed E-state index contributed by atoms with van der Waals surface area (Å²) in [6.45, 7) is 10.9. The largest absolute Gasteiger partial charge is 0.465 e. The van der Waals surface area contributed by atoms with E-state index in [1.807, 2.05) is 26.8 Å². The Morgan fingerprint density at radius 3 is 2.56 bits per heavy atom. The Balaban J connectivity index is 1.75. The van der Waals surface area contributed by atoms with Gasteiger partial charge in [0.1, 0.15) is 6.29 Å². The minimum Gasteiger partial charge on any atom is -0.465 e. The summed E-state index contributed by atoms with van der Waals surface area (Å²) in [6, 6.07) is 10.8. The van der Waals surface area contributed by atoms with Gasteiger partial charge in [-0.05, 0) is 57.4 Å². The zero-order valence-corrected chi connectivity index (χ0v) is 20.2. The van der Waals surface area contributed by atoms with Crippen LogP contribution < -0.4 is 5.32 Å². The number of nitrogens with one attached hydrogen (secondary N) is 1. The number of aldehydes is 1. The molecule has 5 atom stereocenters. The summed E-state index contributed by atoms with van der Waals surface area (Å²) < 4.78 is 0. The van der Waals surface area contributed by atoms with Crippen LogP contribution in [0.3, 0.4) is 0 Å². The minimum atomic E-state index is -0.968. The number of likely N-dealkylation sites (tertiary alicyclic amines) is 1. The second-order valence-electron chi connectivity index (χ2n) is 10.7. The van der Waals surface area contributed by atoms with Crippen molar-refractivity contribution in [3.8, 4) is 0 Å². The number of hydrogen-bond donors (Lipinski definition) is 2. The van der Waals surface area contributed by atoms with Crippen LogP contribution in [0.4, 0.5) is 4.79 Å². The highest BCUT2D eigenvalue weighted by molar-refractivity contribution is 5.68. The van der Waals surface area contributed by atoms with Gasteiger partial charge in [-0.1, -0.05) is 50.1 Å². The van der Waals surface area contributed by atoms with Crippen molar-refractivity contribution in [1.29, 1.82) is 0 Å². The van der Waals surface area contributed by atoms with E-state index in [0.29, 0.717) is 18.3 Å². The lowest BCUT2D eigenvalue weighted by atomic mass is 9.93. The van der Waals surface area contributed by atoms with Gasteiger partial charge in [0.15, 0.2) is 0 Å². The predicted octanol–water partition coefficient (Wildman–Crippen LogP) is 4.60. The quantitative estimate of drug-likeness (QED) is 0.409. The first kappa shape index (κ1) is 24.7. The van der Waals surface area contributed by atoms with Crippen LogP contribution in [0.2, 0.25) is 0 Å². The summed E-state index contributed by atoms with van der Waals surface area (Å²) in [5.41, 5.74) is 0.740. The molecule has 1 aromatic rings. The van der Waals surface area contributed by atoms with Gasteiger partial charge < -0.3 is 9.90 Å². The van der Waals surface area contributed by atoms with E-state index >= 15 is 0 Å². The number of carboxylic acid groups (broad SMARTS) is 1. The van der Waals surface area contributed by atoms with Crippen LogP contribution >= 0.6 is 0 Å². The molecule has 1 heterocycles. The molecule has 1 unspecified atom stereocenters. The van der Waals surface area contributed by atoms with E-state index in [1.54, 1.807) is 0 Å². The van der Waals surface area contributed by atoms with Crippen molar-refractivity contribution in [2.75, 3.05) is 13.1 Å². The second-order valence-corrected chi connectivity index (χ2v) is 10.7. The summed E-state index contributed by atoms with van der Waals surface area (Å²) >= 11 is 0. The van der Waals surface area contributed by atoms with Crippen molar-refractivity contribution >= 4 is 12.4 Å². The maximum absolute atomic E-state index is 12.3. The van der Waals surface area contributed by atoms with Crippen molar-refractivity contribution in [2.45, 2.75) is 84.1 Å². The summed E-state index contributed by atoms with van der Waals surface area (Å²) in [7, 11) is 0. The molecular weight excluding hydrogens is 402 g/mol. The normalized spacial score (nSPS) is 25.3. The van der Waals surface area contributed by atoms with Gasteiger partial charge >= 0.3 is 6.09 Å². The monoisotopic (exact) mass is 443 g/mol. The predicted molar refractivity (Wildman–Crippen MR) is 127 cm³/mol. The molecule has 6 heteroatoms. The second kappa shape index (κ2) is 10.8. The third-order valence-corrected chi connectivity index (χ3v) is 7.24. The molecule has 32 heavy (non-hydrogen) atoms. The van der Waals surface area contributed by atoms with E-state index in [4.69, 9.17) is 0 Å². The number of nitrogens with zero attached hydrogens (tertiary/aromatic N) is 2. The molecule has 0 bridgehead atoms. The molecule has 1 saturated carbocycles. The van der Waals surface area contributed by atoms with Gasteiger partial charge in [-0.15, -0.1) is 0 Å². The van der Waals surface area contributed by atoms with Gasteiger partial charge in [0.25, 0.3) is 0 Å². The Bertz CT molecular complexity index is 748. The van der Waals surface area contributed by atoms with E-state index in [2.05, 4.69) is 41.4 Å².